The Labute approximate surface area is 116 Å². The standard InChI is InChI=1S/C16H16BrN/c1-4-18-15-9-12(17)5-6-13(15)14-8-10(2)7-11(3)16(14)18/h5-9H,4H2,1-3H3. The van der Waals surface area contributed by atoms with Crippen molar-refractivity contribution in [2.24, 2.45) is 0 Å². The van der Waals surface area contributed by atoms with Crippen molar-refractivity contribution in [1.29, 1.82) is 0 Å². The molecule has 2 aromatic carbocycles. The lowest BCUT2D eigenvalue weighted by atomic mass is 10.1. The zero-order valence-electron chi connectivity index (χ0n) is 10.9. The Hall–Kier alpha value is -1.28. The Morgan fingerprint density at radius 1 is 1.06 bits per heavy atom. The highest BCUT2D eigenvalue weighted by Gasteiger charge is 2.12. The molecule has 0 amide bonds. The van der Waals surface area contributed by atoms with Crippen molar-refractivity contribution >= 4 is 37.7 Å². The number of nitrogens with zero attached hydrogens (tertiary/aromatic N) is 1. The Morgan fingerprint density at radius 2 is 1.83 bits per heavy atom. The van der Waals surface area contributed by atoms with Crippen LogP contribution >= 0.6 is 15.9 Å². The second-order valence-corrected chi connectivity index (χ2v) is 5.80. The maximum Gasteiger partial charge on any atom is 0.0521 e. The fourth-order valence-electron chi connectivity index (χ4n) is 2.93. The van der Waals surface area contributed by atoms with Crippen LogP contribution in [0.2, 0.25) is 0 Å². The molecule has 0 aliphatic heterocycles. The molecule has 0 saturated heterocycles. The molecule has 0 saturated carbocycles. The van der Waals surface area contributed by atoms with Crippen molar-refractivity contribution in [1.82, 2.24) is 4.57 Å². The molecule has 3 aromatic rings. The van der Waals surface area contributed by atoms with Gasteiger partial charge in [-0.1, -0.05) is 33.6 Å². The van der Waals surface area contributed by atoms with Crippen molar-refractivity contribution in [3.63, 3.8) is 0 Å². The third-order valence-corrected chi connectivity index (χ3v) is 4.06. The molecule has 0 fully saturated rings. The SMILES string of the molecule is CCn1c2cc(Br)ccc2c2cc(C)cc(C)c21. The number of aryl methyl sites for hydroxylation is 3. The van der Waals surface area contributed by atoms with E-state index in [0.29, 0.717) is 0 Å². The van der Waals surface area contributed by atoms with Gasteiger partial charge in [-0.25, -0.2) is 0 Å². The quantitative estimate of drug-likeness (QED) is 0.582. The van der Waals surface area contributed by atoms with Crippen LogP contribution in [0, 0.1) is 13.8 Å². The lowest BCUT2D eigenvalue weighted by Crippen LogP contribution is -1.95. The molecule has 1 heterocycles. The molecule has 0 N–H and O–H groups in total. The van der Waals surface area contributed by atoms with Gasteiger partial charge in [-0.3, -0.25) is 0 Å². The number of halogens is 1. The molecule has 0 aliphatic rings. The third kappa shape index (κ3) is 1.59. The molecule has 0 bridgehead atoms. The Bertz CT molecular complexity index is 753. The van der Waals surface area contributed by atoms with Crippen LogP contribution in [0.5, 0.6) is 0 Å². The molecule has 0 radical (unpaired) electrons. The van der Waals surface area contributed by atoms with Crippen LogP contribution in [-0.4, -0.2) is 4.57 Å². The summed E-state index contributed by atoms with van der Waals surface area (Å²) in [7, 11) is 0. The minimum Gasteiger partial charge on any atom is -0.341 e. The molecule has 92 valence electrons. The first kappa shape index (κ1) is 11.8. The van der Waals surface area contributed by atoms with E-state index in [2.05, 4.69) is 71.6 Å². The van der Waals surface area contributed by atoms with E-state index < -0.39 is 0 Å². The summed E-state index contributed by atoms with van der Waals surface area (Å²) in [5.74, 6) is 0. The van der Waals surface area contributed by atoms with E-state index >= 15 is 0 Å². The van der Waals surface area contributed by atoms with Gasteiger partial charge in [0.25, 0.3) is 0 Å². The van der Waals surface area contributed by atoms with Crippen LogP contribution in [0.25, 0.3) is 21.8 Å². The monoisotopic (exact) mass is 301 g/mol. The van der Waals surface area contributed by atoms with Crippen molar-refractivity contribution in [3.05, 3.63) is 45.9 Å². The minimum absolute atomic E-state index is 1.00. The van der Waals surface area contributed by atoms with Crippen LogP contribution in [-0.2, 0) is 6.54 Å². The Balaban J connectivity index is 2.61. The number of aromatic nitrogens is 1. The number of hydrogen-bond donors (Lipinski definition) is 0. The molecule has 1 nitrogen and oxygen atoms in total. The summed E-state index contributed by atoms with van der Waals surface area (Å²) in [5, 5.41) is 2.72. The summed E-state index contributed by atoms with van der Waals surface area (Å²) in [4.78, 5) is 0. The van der Waals surface area contributed by atoms with E-state index in [1.807, 2.05) is 0 Å². The number of rotatable bonds is 1. The molecule has 0 unspecified atom stereocenters. The van der Waals surface area contributed by atoms with Gasteiger partial charge in [-0.2, -0.15) is 0 Å². The average Bonchev–Trinajstić information content (AvgIpc) is 2.62. The van der Waals surface area contributed by atoms with Crippen LogP contribution in [0.15, 0.2) is 34.8 Å². The van der Waals surface area contributed by atoms with Crippen LogP contribution in [0.4, 0.5) is 0 Å². The predicted octanol–water partition coefficient (Wildman–Crippen LogP) is 5.19. The highest BCUT2D eigenvalue weighted by Crippen LogP contribution is 2.33. The molecule has 0 atom stereocenters. The minimum atomic E-state index is 1.00. The Kier molecular flexibility index (Phi) is 2.70. The predicted molar refractivity (Wildman–Crippen MR) is 82.3 cm³/mol. The topological polar surface area (TPSA) is 4.93 Å². The summed E-state index contributed by atoms with van der Waals surface area (Å²) < 4.78 is 3.55. The van der Waals surface area contributed by atoms with Gasteiger partial charge < -0.3 is 4.57 Å². The van der Waals surface area contributed by atoms with Crippen molar-refractivity contribution in [2.45, 2.75) is 27.3 Å². The third-order valence-electron chi connectivity index (χ3n) is 3.57. The van der Waals surface area contributed by atoms with E-state index in [4.69, 9.17) is 0 Å². The summed E-state index contributed by atoms with van der Waals surface area (Å²) in [6.45, 7) is 7.58. The first-order valence-electron chi connectivity index (χ1n) is 6.30. The van der Waals surface area contributed by atoms with E-state index in [0.717, 1.165) is 11.0 Å². The van der Waals surface area contributed by atoms with E-state index in [1.165, 1.54) is 32.9 Å². The summed E-state index contributed by atoms with van der Waals surface area (Å²) in [5.41, 5.74) is 5.38. The zero-order valence-corrected chi connectivity index (χ0v) is 12.5. The largest absolute Gasteiger partial charge is 0.341 e. The van der Waals surface area contributed by atoms with E-state index in [9.17, 15) is 0 Å². The number of hydrogen-bond acceptors (Lipinski definition) is 0. The fraction of sp³-hybridized carbons (Fsp3) is 0.250. The first-order chi connectivity index (χ1) is 8.61. The molecular formula is C16H16BrN. The average molecular weight is 302 g/mol. The molecule has 0 aliphatic carbocycles. The van der Waals surface area contributed by atoms with Crippen molar-refractivity contribution < 1.29 is 0 Å². The van der Waals surface area contributed by atoms with Gasteiger partial charge in [0.2, 0.25) is 0 Å². The van der Waals surface area contributed by atoms with Gasteiger partial charge in [0.05, 0.1) is 11.0 Å². The summed E-state index contributed by atoms with van der Waals surface area (Å²) >= 11 is 3.57. The van der Waals surface area contributed by atoms with Gasteiger partial charge in [-0.15, -0.1) is 0 Å². The van der Waals surface area contributed by atoms with Crippen LogP contribution < -0.4 is 0 Å². The molecule has 18 heavy (non-hydrogen) atoms. The maximum atomic E-state index is 3.57. The van der Waals surface area contributed by atoms with Crippen LogP contribution in [0.3, 0.4) is 0 Å². The molecule has 1 aromatic heterocycles. The normalized spacial score (nSPS) is 11.6. The highest BCUT2D eigenvalue weighted by molar-refractivity contribution is 9.10. The maximum absolute atomic E-state index is 3.57. The first-order valence-corrected chi connectivity index (χ1v) is 7.10. The lowest BCUT2D eigenvalue weighted by molar-refractivity contribution is 0.824. The molecular weight excluding hydrogens is 286 g/mol. The van der Waals surface area contributed by atoms with Gasteiger partial charge >= 0.3 is 0 Å². The zero-order chi connectivity index (χ0) is 12.9. The lowest BCUT2D eigenvalue weighted by Gasteiger charge is -2.06. The van der Waals surface area contributed by atoms with Crippen molar-refractivity contribution in [3.8, 4) is 0 Å². The molecule has 2 heteroatoms. The van der Waals surface area contributed by atoms with Crippen molar-refractivity contribution in [2.75, 3.05) is 0 Å². The van der Waals surface area contributed by atoms with Gasteiger partial charge in [0, 0.05) is 21.8 Å². The molecule has 3 rings (SSSR count). The fourth-order valence-corrected chi connectivity index (χ4v) is 3.28. The summed E-state index contributed by atoms with van der Waals surface area (Å²) in [6.07, 6.45) is 0. The smallest absolute Gasteiger partial charge is 0.0521 e. The van der Waals surface area contributed by atoms with Gasteiger partial charge in [0.1, 0.15) is 0 Å². The second kappa shape index (κ2) is 4.13. The number of fused-ring (bicyclic) bond motifs is 3. The van der Waals surface area contributed by atoms with E-state index in [1.54, 1.807) is 0 Å². The second-order valence-electron chi connectivity index (χ2n) is 4.88. The Morgan fingerprint density at radius 3 is 2.56 bits per heavy atom. The van der Waals surface area contributed by atoms with Crippen LogP contribution in [0.1, 0.15) is 18.1 Å². The highest BCUT2D eigenvalue weighted by atomic mass is 79.9. The van der Waals surface area contributed by atoms with Gasteiger partial charge in [0.15, 0.2) is 0 Å². The summed E-state index contributed by atoms with van der Waals surface area (Å²) in [6, 6.07) is 11.1. The van der Waals surface area contributed by atoms with E-state index in [-0.39, 0.29) is 0 Å². The number of benzene rings is 2. The van der Waals surface area contributed by atoms with Gasteiger partial charge in [-0.05, 0) is 44.5 Å². The molecule has 0 spiro atoms.